The first-order valence-corrected chi connectivity index (χ1v) is 8.83. The Labute approximate surface area is 137 Å². The summed E-state index contributed by atoms with van der Waals surface area (Å²) in [6.07, 6.45) is 0. The second-order valence-corrected chi connectivity index (χ2v) is 7.53. The van der Waals surface area contributed by atoms with E-state index in [4.69, 9.17) is 16.3 Å². The zero-order chi connectivity index (χ0) is 16.2. The number of anilines is 1. The Hall–Kier alpha value is -1.61. The van der Waals surface area contributed by atoms with Gasteiger partial charge in [0, 0.05) is 5.02 Å². The molecule has 2 aromatic rings. The van der Waals surface area contributed by atoms with E-state index >= 15 is 0 Å². The molecule has 6 nitrogen and oxygen atoms in total. The minimum absolute atomic E-state index is 0.153. The number of halogens is 1. The second-order valence-electron chi connectivity index (χ2n) is 4.15. The van der Waals surface area contributed by atoms with Crippen molar-refractivity contribution in [2.24, 2.45) is 0 Å². The number of carbonyl (C=O) groups excluding carboxylic acids is 1. The second kappa shape index (κ2) is 7.10. The maximum Gasteiger partial charge on any atom is 0.250 e. The molecule has 0 saturated carbocycles. The fraction of sp³-hybridized carbons (Fsp3) is 0.154. The van der Waals surface area contributed by atoms with Gasteiger partial charge in [-0.05, 0) is 29.6 Å². The van der Waals surface area contributed by atoms with Gasteiger partial charge in [0.1, 0.15) is 9.96 Å². The van der Waals surface area contributed by atoms with Crippen LogP contribution < -0.4 is 14.8 Å². The summed E-state index contributed by atoms with van der Waals surface area (Å²) in [6, 6.07) is 7.83. The number of rotatable bonds is 6. The lowest BCUT2D eigenvalue weighted by atomic mass is 10.3. The molecule has 1 aromatic carbocycles. The van der Waals surface area contributed by atoms with Crippen LogP contribution in [-0.2, 0) is 14.8 Å². The van der Waals surface area contributed by atoms with Crippen LogP contribution in [0.4, 0.5) is 5.69 Å². The molecule has 1 heterocycles. The Morgan fingerprint density at radius 3 is 2.77 bits per heavy atom. The van der Waals surface area contributed by atoms with Crippen molar-refractivity contribution in [3.63, 3.8) is 0 Å². The first-order valence-electron chi connectivity index (χ1n) is 6.09. The Kier molecular flexibility index (Phi) is 5.41. The normalized spacial score (nSPS) is 11.2. The molecule has 0 unspecified atom stereocenters. The summed E-state index contributed by atoms with van der Waals surface area (Å²) in [5.74, 6) is -0.0976. The zero-order valence-corrected chi connectivity index (χ0v) is 13.9. The Balaban J connectivity index is 2.01. The van der Waals surface area contributed by atoms with E-state index in [1.807, 2.05) is 0 Å². The molecular formula is C13H13ClN2O4S2. The highest BCUT2D eigenvalue weighted by molar-refractivity contribution is 7.91. The molecule has 0 fully saturated rings. The first kappa shape index (κ1) is 16.8. The molecule has 2 rings (SSSR count). The van der Waals surface area contributed by atoms with Crippen LogP contribution in [0, 0.1) is 0 Å². The Bertz CT molecular complexity index is 760. The Morgan fingerprint density at radius 2 is 2.14 bits per heavy atom. The summed E-state index contributed by atoms with van der Waals surface area (Å²) < 4.78 is 31.3. The average Bonchev–Trinajstić information content (AvgIpc) is 3.01. The minimum Gasteiger partial charge on any atom is -0.495 e. The quantitative estimate of drug-likeness (QED) is 0.828. The van der Waals surface area contributed by atoms with Crippen molar-refractivity contribution >= 4 is 44.6 Å². The molecule has 0 aliphatic rings. The number of ether oxygens (including phenoxy) is 1. The molecule has 0 aliphatic carbocycles. The topological polar surface area (TPSA) is 84.5 Å². The molecule has 0 radical (unpaired) electrons. The molecule has 0 saturated heterocycles. The first-order chi connectivity index (χ1) is 10.4. The maximum absolute atomic E-state index is 11.9. The number of methoxy groups -OCH3 is 1. The molecule has 1 aromatic heterocycles. The third kappa shape index (κ3) is 4.20. The highest BCUT2D eigenvalue weighted by atomic mass is 35.5. The van der Waals surface area contributed by atoms with Crippen LogP contribution in [0.5, 0.6) is 5.75 Å². The van der Waals surface area contributed by atoms with Gasteiger partial charge in [0.25, 0.3) is 10.0 Å². The van der Waals surface area contributed by atoms with Crippen molar-refractivity contribution in [1.29, 1.82) is 0 Å². The molecule has 0 atom stereocenters. The summed E-state index contributed by atoms with van der Waals surface area (Å²) in [4.78, 5) is 11.9. The highest BCUT2D eigenvalue weighted by Crippen LogP contribution is 2.27. The molecule has 9 heteroatoms. The third-order valence-corrected chi connectivity index (χ3v) is 5.65. The number of nitrogens with one attached hydrogen (secondary N) is 2. The van der Waals surface area contributed by atoms with Gasteiger partial charge in [-0.3, -0.25) is 4.79 Å². The fourth-order valence-corrected chi connectivity index (χ4v) is 3.81. The van der Waals surface area contributed by atoms with Gasteiger partial charge in [-0.25, -0.2) is 13.1 Å². The molecular weight excluding hydrogens is 348 g/mol. The van der Waals surface area contributed by atoms with Crippen molar-refractivity contribution in [3.05, 3.63) is 40.7 Å². The van der Waals surface area contributed by atoms with Crippen LogP contribution >= 0.6 is 22.9 Å². The van der Waals surface area contributed by atoms with Gasteiger partial charge >= 0.3 is 0 Å². The molecule has 1 amide bonds. The summed E-state index contributed by atoms with van der Waals surface area (Å²) in [5.41, 5.74) is 0.371. The lowest BCUT2D eigenvalue weighted by Crippen LogP contribution is -2.32. The van der Waals surface area contributed by atoms with E-state index in [0.717, 1.165) is 11.3 Å². The van der Waals surface area contributed by atoms with E-state index in [9.17, 15) is 13.2 Å². The van der Waals surface area contributed by atoms with Crippen LogP contribution in [0.1, 0.15) is 0 Å². The van der Waals surface area contributed by atoms with Crippen molar-refractivity contribution in [2.75, 3.05) is 19.0 Å². The fourth-order valence-electron chi connectivity index (χ4n) is 1.62. The maximum atomic E-state index is 11.9. The van der Waals surface area contributed by atoms with Gasteiger partial charge in [-0.1, -0.05) is 17.7 Å². The van der Waals surface area contributed by atoms with Crippen molar-refractivity contribution in [3.8, 4) is 5.75 Å². The summed E-state index contributed by atoms with van der Waals surface area (Å²) in [6.45, 7) is -0.393. The van der Waals surface area contributed by atoms with E-state index < -0.39 is 22.5 Å². The number of hydrogen-bond donors (Lipinski definition) is 2. The predicted molar refractivity (Wildman–Crippen MR) is 86.1 cm³/mol. The summed E-state index contributed by atoms with van der Waals surface area (Å²) in [7, 11) is -2.22. The van der Waals surface area contributed by atoms with Crippen LogP contribution in [0.25, 0.3) is 0 Å². The number of carbonyl (C=O) groups is 1. The lowest BCUT2D eigenvalue weighted by molar-refractivity contribution is -0.115. The van der Waals surface area contributed by atoms with E-state index in [0.29, 0.717) is 16.5 Å². The van der Waals surface area contributed by atoms with Crippen molar-refractivity contribution in [1.82, 2.24) is 4.72 Å². The monoisotopic (exact) mass is 360 g/mol. The molecule has 0 aliphatic heterocycles. The van der Waals surface area contributed by atoms with Crippen molar-refractivity contribution < 1.29 is 17.9 Å². The van der Waals surface area contributed by atoms with Gasteiger partial charge in [-0.15, -0.1) is 11.3 Å². The summed E-state index contributed by atoms with van der Waals surface area (Å²) >= 11 is 6.93. The van der Waals surface area contributed by atoms with Gasteiger partial charge in [-0.2, -0.15) is 0 Å². The number of sulfonamides is 1. The van der Waals surface area contributed by atoms with Gasteiger partial charge < -0.3 is 10.1 Å². The molecule has 118 valence electrons. The van der Waals surface area contributed by atoms with Gasteiger partial charge in [0.15, 0.2) is 0 Å². The SMILES string of the molecule is COc1ccc(Cl)cc1NC(=O)CNS(=O)(=O)c1cccs1. The highest BCUT2D eigenvalue weighted by Gasteiger charge is 2.17. The number of hydrogen-bond acceptors (Lipinski definition) is 5. The molecule has 0 bridgehead atoms. The smallest absolute Gasteiger partial charge is 0.250 e. The lowest BCUT2D eigenvalue weighted by Gasteiger charge is -2.11. The largest absolute Gasteiger partial charge is 0.495 e. The van der Waals surface area contributed by atoms with E-state index in [1.54, 1.807) is 23.6 Å². The van der Waals surface area contributed by atoms with Crippen molar-refractivity contribution in [2.45, 2.75) is 4.21 Å². The molecule has 2 N–H and O–H groups in total. The molecule has 0 spiro atoms. The predicted octanol–water partition coefficient (Wildman–Crippen LogP) is 2.33. The van der Waals surface area contributed by atoms with Crippen LogP contribution in [0.3, 0.4) is 0 Å². The van der Waals surface area contributed by atoms with Gasteiger partial charge in [0.05, 0.1) is 19.3 Å². The standard InChI is InChI=1S/C13H13ClN2O4S2/c1-20-11-5-4-9(14)7-10(11)16-12(17)8-15-22(18,19)13-3-2-6-21-13/h2-7,15H,8H2,1H3,(H,16,17). The van der Waals surface area contributed by atoms with E-state index in [-0.39, 0.29) is 4.21 Å². The number of thiophene rings is 1. The van der Waals surface area contributed by atoms with E-state index in [1.165, 1.54) is 19.2 Å². The third-order valence-electron chi connectivity index (χ3n) is 2.62. The number of benzene rings is 1. The Morgan fingerprint density at radius 1 is 1.36 bits per heavy atom. The van der Waals surface area contributed by atoms with Crippen LogP contribution in [-0.4, -0.2) is 28.0 Å². The zero-order valence-electron chi connectivity index (χ0n) is 11.5. The number of amides is 1. The van der Waals surface area contributed by atoms with Crippen LogP contribution in [0.2, 0.25) is 5.02 Å². The minimum atomic E-state index is -3.68. The van der Waals surface area contributed by atoms with E-state index in [2.05, 4.69) is 10.0 Å². The summed E-state index contributed by atoms with van der Waals surface area (Å²) in [5, 5.41) is 4.62. The van der Waals surface area contributed by atoms with Gasteiger partial charge in [0.2, 0.25) is 5.91 Å². The molecule has 22 heavy (non-hydrogen) atoms. The van der Waals surface area contributed by atoms with Crippen LogP contribution in [0.15, 0.2) is 39.9 Å². The average molecular weight is 361 g/mol.